The first-order valence-corrected chi connectivity index (χ1v) is 3.79. The van der Waals surface area contributed by atoms with Gasteiger partial charge in [0.05, 0.1) is 0 Å². The Hall–Kier alpha value is -0.0451. The van der Waals surface area contributed by atoms with Gasteiger partial charge < -0.3 is 9.22 Å². The fourth-order valence-corrected chi connectivity index (χ4v) is 0.289. The van der Waals surface area contributed by atoms with Crippen molar-refractivity contribution >= 4 is 6.99 Å². The minimum absolute atomic E-state index is 0.565. The van der Waals surface area contributed by atoms with Gasteiger partial charge in [-0.2, -0.15) is 0 Å². The summed E-state index contributed by atoms with van der Waals surface area (Å²) in [5.74, 6) is 0. The van der Waals surface area contributed by atoms with Gasteiger partial charge in [0.25, 0.3) is 0 Å². The summed E-state index contributed by atoms with van der Waals surface area (Å²) in [6, 6.07) is 0. The average Bonchev–Trinajstić information content (AvgIpc) is 1.85. The van der Waals surface area contributed by atoms with Gasteiger partial charge in [-0.25, -0.2) is 0 Å². The molecule has 3 heteroatoms. The number of nitrogens with zero attached hydrogens (tertiary/aromatic N) is 1. The topological polar surface area (TPSA) is 3.24 Å². The van der Waals surface area contributed by atoms with Crippen molar-refractivity contribution in [1.29, 1.82) is 0 Å². The summed E-state index contributed by atoms with van der Waals surface area (Å²) in [4.78, 5) is 2.00. The smallest absolute Gasteiger partial charge is 0.336 e. The Morgan fingerprint density at radius 2 is 1.30 bits per heavy atom. The van der Waals surface area contributed by atoms with E-state index in [2.05, 4.69) is 0 Å². The molecule has 0 aliphatic carbocycles. The van der Waals surface area contributed by atoms with E-state index in [0.29, 0.717) is 12.6 Å². The van der Waals surface area contributed by atoms with Crippen LogP contribution in [0.5, 0.6) is 0 Å². The van der Waals surface area contributed by atoms with Crippen LogP contribution in [0, 0.1) is 0 Å². The third-order valence-electron chi connectivity index (χ3n) is 0.886. The predicted octanol–water partition coefficient (Wildman–Crippen LogP) is 2.17. The molecule has 10 heavy (non-hydrogen) atoms. The molecule has 0 N–H and O–H groups in total. The number of hydrogen-bond acceptors (Lipinski definition) is 1. The lowest BCUT2D eigenvalue weighted by molar-refractivity contribution is 0.505. The van der Waals surface area contributed by atoms with Crippen LogP contribution in [0.1, 0.15) is 13.8 Å². The normalized spacial score (nSPS) is 8.70. The molecule has 0 fully saturated rings. The van der Waals surface area contributed by atoms with E-state index in [1.807, 2.05) is 39.9 Å². The van der Waals surface area contributed by atoms with Crippen molar-refractivity contribution in [2.24, 2.45) is 0 Å². The minimum Gasteiger partial charge on any atom is -0.336 e. The van der Waals surface area contributed by atoms with Crippen molar-refractivity contribution in [1.82, 2.24) is 4.90 Å². The molecule has 0 aromatic heterocycles. The molecule has 0 unspecified atom stereocenters. The molecule has 0 saturated carbocycles. The van der Waals surface area contributed by atoms with Crippen LogP contribution in [0.15, 0.2) is 0 Å². The number of hydrogen-bond donors (Lipinski definition) is 0. The van der Waals surface area contributed by atoms with Gasteiger partial charge in [0.2, 0.25) is 0 Å². The van der Waals surface area contributed by atoms with Gasteiger partial charge in [0.15, 0.2) is 0 Å². The standard InChI is InChI=1S/C4H10BF.C3H9N/c1-3-5(6)4-2;1-4(2)3/h3-4H2,1-2H3;1-3H3. The van der Waals surface area contributed by atoms with Crippen LogP contribution >= 0.6 is 0 Å². The molecule has 0 spiro atoms. The van der Waals surface area contributed by atoms with Crippen molar-refractivity contribution < 1.29 is 4.32 Å². The van der Waals surface area contributed by atoms with Crippen LogP contribution in [0.2, 0.25) is 12.6 Å². The maximum Gasteiger partial charge on any atom is 0.347 e. The molecular formula is C7H19BFN. The fraction of sp³-hybridized carbons (Fsp3) is 1.00. The van der Waals surface area contributed by atoms with Gasteiger partial charge >= 0.3 is 6.99 Å². The van der Waals surface area contributed by atoms with E-state index >= 15 is 0 Å². The SMILES string of the molecule is CCB(F)CC.CN(C)C. The van der Waals surface area contributed by atoms with Crippen LogP contribution in [0.4, 0.5) is 4.32 Å². The summed E-state index contributed by atoms with van der Waals surface area (Å²) in [5, 5.41) is 0. The zero-order valence-corrected chi connectivity index (χ0v) is 7.82. The van der Waals surface area contributed by atoms with E-state index in [1.165, 1.54) is 0 Å². The van der Waals surface area contributed by atoms with Crippen molar-refractivity contribution in [2.45, 2.75) is 26.5 Å². The van der Waals surface area contributed by atoms with E-state index in [9.17, 15) is 4.32 Å². The summed E-state index contributed by atoms with van der Waals surface area (Å²) in [5.41, 5.74) is 0. The maximum absolute atomic E-state index is 11.9. The van der Waals surface area contributed by atoms with Crippen LogP contribution in [0.3, 0.4) is 0 Å². The lowest BCUT2D eigenvalue weighted by atomic mass is 9.66. The summed E-state index contributed by atoms with van der Waals surface area (Å²) in [6.07, 6.45) is 1.33. The molecule has 0 atom stereocenters. The second-order valence-electron chi connectivity index (χ2n) is 2.76. The Morgan fingerprint density at radius 1 is 1.10 bits per heavy atom. The van der Waals surface area contributed by atoms with Gasteiger partial charge in [-0.05, 0) is 33.8 Å². The van der Waals surface area contributed by atoms with Gasteiger partial charge in [0.1, 0.15) is 0 Å². The Kier molecular flexibility index (Phi) is 11.3. The lowest BCUT2D eigenvalue weighted by Gasteiger charge is -1.90. The molecule has 1 nitrogen and oxygen atoms in total. The van der Waals surface area contributed by atoms with Crippen molar-refractivity contribution in [3.63, 3.8) is 0 Å². The van der Waals surface area contributed by atoms with Crippen LogP contribution in [-0.2, 0) is 0 Å². The molecule has 0 saturated heterocycles. The lowest BCUT2D eigenvalue weighted by Crippen LogP contribution is -1.99. The van der Waals surface area contributed by atoms with Gasteiger partial charge in [0, 0.05) is 0 Å². The molecule has 0 heterocycles. The first kappa shape index (κ1) is 12.6. The molecular weight excluding hydrogens is 128 g/mol. The first-order valence-electron chi connectivity index (χ1n) is 3.79. The zero-order chi connectivity index (χ0) is 8.57. The third kappa shape index (κ3) is 24.6. The predicted molar refractivity (Wildman–Crippen MR) is 47.4 cm³/mol. The molecule has 0 aromatic rings. The summed E-state index contributed by atoms with van der Waals surface area (Å²) >= 11 is 0. The number of rotatable bonds is 2. The Labute approximate surface area is 64.7 Å². The quantitative estimate of drug-likeness (QED) is 0.541. The van der Waals surface area contributed by atoms with Crippen LogP contribution in [0.25, 0.3) is 0 Å². The largest absolute Gasteiger partial charge is 0.347 e. The third-order valence-corrected chi connectivity index (χ3v) is 0.886. The van der Waals surface area contributed by atoms with Crippen molar-refractivity contribution in [2.75, 3.05) is 21.1 Å². The summed E-state index contributed by atoms with van der Waals surface area (Å²) in [6.45, 7) is 3.15. The molecule has 0 aromatic carbocycles. The Morgan fingerprint density at radius 3 is 1.30 bits per heavy atom. The van der Waals surface area contributed by atoms with E-state index in [0.717, 1.165) is 0 Å². The maximum atomic E-state index is 11.9. The summed E-state index contributed by atoms with van der Waals surface area (Å²) < 4.78 is 11.9. The van der Waals surface area contributed by atoms with Crippen molar-refractivity contribution in [3.05, 3.63) is 0 Å². The Bertz CT molecular complexity index is 52.8. The second kappa shape index (κ2) is 8.95. The molecule has 0 amide bonds. The van der Waals surface area contributed by atoms with Gasteiger partial charge in [-0.3, -0.25) is 0 Å². The highest BCUT2D eigenvalue weighted by atomic mass is 19.1. The zero-order valence-electron chi connectivity index (χ0n) is 7.82. The van der Waals surface area contributed by atoms with Crippen molar-refractivity contribution in [3.8, 4) is 0 Å². The molecule has 0 bridgehead atoms. The van der Waals surface area contributed by atoms with Crippen LogP contribution < -0.4 is 0 Å². The van der Waals surface area contributed by atoms with E-state index in [1.54, 1.807) is 0 Å². The second-order valence-corrected chi connectivity index (χ2v) is 2.76. The molecule has 0 aliphatic rings. The molecule has 0 aliphatic heterocycles. The molecule has 0 rings (SSSR count). The summed E-state index contributed by atoms with van der Waals surface area (Å²) in [7, 11) is 6.00. The number of halogens is 1. The fourth-order valence-electron chi connectivity index (χ4n) is 0.289. The average molecular weight is 147 g/mol. The first-order chi connectivity index (χ1) is 4.54. The van der Waals surface area contributed by atoms with E-state index in [-0.39, 0.29) is 0 Å². The van der Waals surface area contributed by atoms with Crippen LogP contribution in [-0.4, -0.2) is 33.0 Å². The van der Waals surface area contributed by atoms with Gasteiger partial charge in [-0.15, -0.1) is 0 Å². The molecule has 0 radical (unpaired) electrons. The highest BCUT2D eigenvalue weighted by Crippen LogP contribution is 1.96. The highest BCUT2D eigenvalue weighted by molar-refractivity contribution is 6.50. The minimum atomic E-state index is -0.565. The monoisotopic (exact) mass is 147 g/mol. The van der Waals surface area contributed by atoms with Gasteiger partial charge in [-0.1, -0.05) is 13.8 Å². The van der Waals surface area contributed by atoms with E-state index < -0.39 is 6.99 Å². The molecule has 62 valence electrons. The highest BCUT2D eigenvalue weighted by Gasteiger charge is 2.03. The Balaban J connectivity index is 0. The van der Waals surface area contributed by atoms with E-state index in [4.69, 9.17) is 0 Å².